The van der Waals surface area contributed by atoms with Gasteiger partial charge in [-0.15, -0.1) is 0 Å². The number of anilines is 2. The Balaban J connectivity index is 0.000000244. The van der Waals surface area contributed by atoms with Crippen LogP contribution in [-0.4, -0.2) is 76.4 Å². The van der Waals surface area contributed by atoms with Gasteiger partial charge in [0.25, 0.3) is 0 Å². The zero-order valence-electron chi connectivity index (χ0n) is 28.5. The van der Waals surface area contributed by atoms with Crippen molar-refractivity contribution in [1.29, 1.82) is 5.26 Å². The summed E-state index contributed by atoms with van der Waals surface area (Å²) in [6.45, 7) is 5.78. The van der Waals surface area contributed by atoms with Gasteiger partial charge in [-0.2, -0.15) is 5.26 Å². The topological polar surface area (TPSA) is 149 Å². The highest BCUT2D eigenvalue weighted by atomic mass is 35.5. The quantitative estimate of drug-likeness (QED) is 0.231. The van der Waals surface area contributed by atoms with Crippen LogP contribution >= 0.6 is 11.6 Å². The van der Waals surface area contributed by atoms with Crippen molar-refractivity contribution in [3.05, 3.63) is 82.6 Å². The Morgan fingerprint density at radius 1 is 1.12 bits per heavy atom. The van der Waals surface area contributed by atoms with Gasteiger partial charge in [-0.05, 0) is 57.9 Å². The van der Waals surface area contributed by atoms with Crippen molar-refractivity contribution in [2.45, 2.75) is 70.1 Å². The van der Waals surface area contributed by atoms with Crippen molar-refractivity contribution in [2.24, 2.45) is 0 Å². The largest absolute Gasteiger partial charge is 0.444 e. The number of hydrogen-bond acceptors (Lipinski definition) is 8. The van der Waals surface area contributed by atoms with Crippen LogP contribution in [0.2, 0.25) is 5.02 Å². The van der Waals surface area contributed by atoms with E-state index < -0.39 is 47.2 Å². The molecule has 5 rings (SSSR count). The number of nitrogens with zero attached hydrogens (tertiary/aromatic N) is 6. The third-order valence-corrected chi connectivity index (χ3v) is 8.26. The van der Waals surface area contributed by atoms with Gasteiger partial charge in [-0.3, -0.25) is 29.1 Å². The number of nitrogens with one attached hydrogen (secondary N) is 1. The van der Waals surface area contributed by atoms with Crippen molar-refractivity contribution in [3.8, 4) is 6.07 Å². The minimum atomic E-state index is -2.77. The van der Waals surface area contributed by atoms with Crippen LogP contribution in [0.5, 0.6) is 0 Å². The molecule has 12 nitrogen and oxygen atoms in total. The summed E-state index contributed by atoms with van der Waals surface area (Å²) in [6, 6.07) is 10.2. The molecule has 1 saturated heterocycles. The highest BCUT2D eigenvalue weighted by Crippen LogP contribution is 2.35. The molecule has 276 valence electrons. The van der Waals surface area contributed by atoms with E-state index in [1.54, 1.807) is 32.9 Å². The Morgan fingerprint density at radius 2 is 1.77 bits per heavy atom. The van der Waals surface area contributed by atoms with E-state index in [1.165, 1.54) is 34.2 Å². The van der Waals surface area contributed by atoms with Crippen LogP contribution in [0.4, 0.5) is 34.0 Å². The molecular weight excluding hydrogens is 710 g/mol. The maximum Gasteiger partial charge on any atom is 0.410 e. The molecule has 0 spiro atoms. The van der Waals surface area contributed by atoms with E-state index in [2.05, 4.69) is 15.3 Å². The second-order valence-corrected chi connectivity index (χ2v) is 13.4. The molecule has 0 radical (unpaired) electrons. The molecule has 1 atom stereocenters. The molecule has 17 heteroatoms. The fourth-order valence-corrected chi connectivity index (χ4v) is 5.68. The maximum absolute atomic E-state index is 13.7. The number of alkyl halides is 2. The lowest BCUT2D eigenvalue weighted by atomic mass is 9.91. The molecule has 1 unspecified atom stereocenters. The van der Waals surface area contributed by atoms with Crippen molar-refractivity contribution < 1.29 is 41.5 Å². The highest BCUT2D eigenvalue weighted by molar-refractivity contribution is 6.31. The van der Waals surface area contributed by atoms with E-state index in [9.17, 15) is 36.7 Å². The average Bonchev–Trinajstić information content (AvgIpc) is 3.07. The number of piperazine rings is 1. The first kappa shape index (κ1) is 39.5. The normalized spacial score (nSPS) is 16.5. The number of nitriles is 1. The summed E-state index contributed by atoms with van der Waals surface area (Å²) in [6.07, 6.45) is 0.605. The van der Waals surface area contributed by atoms with Crippen molar-refractivity contribution in [3.63, 3.8) is 0 Å². The molecule has 1 saturated carbocycles. The smallest absolute Gasteiger partial charge is 0.410 e. The molecule has 1 aromatic heterocycles. The molecule has 2 heterocycles. The van der Waals surface area contributed by atoms with Crippen molar-refractivity contribution in [1.82, 2.24) is 20.2 Å². The van der Waals surface area contributed by atoms with Gasteiger partial charge in [0.05, 0.1) is 5.69 Å². The highest BCUT2D eigenvalue weighted by Gasteiger charge is 2.38. The lowest BCUT2D eigenvalue weighted by Gasteiger charge is -2.34. The summed E-state index contributed by atoms with van der Waals surface area (Å²) in [5.41, 5.74) is -0.374. The number of halogens is 5. The average molecular weight is 746 g/mol. The van der Waals surface area contributed by atoms with Crippen LogP contribution in [0.15, 0.2) is 54.7 Å². The van der Waals surface area contributed by atoms with E-state index in [4.69, 9.17) is 21.6 Å². The zero-order chi connectivity index (χ0) is 38.2. The van der Waals surface area contributed by atoms with E-state index in [-0.39, 0.29) is 79.0 Å². The third kappa shape index (κ3) is 10.6. The molecule has 1 aliphatic heterocycles. The molecular formula is C35H36ClF4N7O5. The Hall–Kier alpha value is -5.30. The molecule has 2 fully saturated rings. The van der Waals surface area contributed by atoms with Gasteiger partial charge in [0.1, 0.15) is 41.6 Å². The summed E-state index contributed by atoms with van der Waals surface area (Å²) in [4.78, 5) is 60.7. The van der Waals surface area contributed by atoms with Gasteiger partial charge in [-0.25, -0.2) is 32.3 Å². The van der Waals surface area contributed by atoms with Gasteiger partial charge in [-0.1, -0.05) is 29.8 Å². The molecule has 1 N–H and O–H groups in total. The number of benzene rings is 2. The predicted molar refractivity (Wildman–Crippen MR) is 181 cm³/mol. The van der Waals surface area contributed by atoms with Gasteiger partial charge >= 0.3 is 6.09 Å². The van der Waals surface area contributed by atoms with Gasteiger partial charge in [0.2, 0.25) is 30.1 Å². The van der Waals surface area contributed by atoms with Crippen molar-refractivity contribution in [2.75, 3.05) is 29.4 Å². The second kappa shape index (κ2) is 16.8. The molecule has 1 aliphatic carbocycles. The van der Waals surface area contributed by atoms with Crippen LogP contribution in [-0.2, 0) is 19.1 Å². The molecule has 52 heavy (non-hydrogen) atoms. The summed E-state index contributed by atoms with van der Waals surface area (Å²) < 4.78 is 59.5. The monoisotopic (exact) mass is 745 g/mol. The Labute approximate surface area is 302 Å². The Bertz CT molecular complexity index is 1810. The molecule has 3 aromatic rings. The van der Waals surface area contributed by atoms with Gasteiger partial charge in [0, 0.05) is 54.8 Å². The number of rotatable bonds is 7. The van der Waals surface area contributed by atoms with Crippen LogP contribution in [0.25, 0.3) is 0 Å². The lowest BCUT2D eigenvalue weighted by molar-refractivity contribution is -0.125. The summed E-state index contributed by atoms with van der Waals surface area (Å²) in [7, 11) is 0. The molecule has 4 amide bonds. The standard InChI is InChI=1S/C21H19ClF4N2O2.C14H17N5O3/c22-18-4-2-1-3-17(18)19(20(30)27-15-5-7-21(25,26)8-6-15)28(12-29)16-10-13(23)9-14(24)11-16;1-14(2,3)22-13(21)18-6-7-19(11(20)9-18)12-16-5-4-10(8-15)17-12/h1-4,9-12,15,19H,5-8H2,(H,27,30);4-5H,6-7,9H2,1-3H3. The summed E-state index contributed by atoms with van der Waals surface area (Å²) in [5.74, 6) is -5.44. The predicted octanol–water partition coefficient (Wildman–Crippen LogP) is 5.95. The van der Waals surface area contributed by atoms with Gasteiger partial charge in [0.15, 0.2) is 0 Å². The van der Waals surface area contributed by atoms with Crippen LogP contribution in [0.3, 0.4) is 0 Å². The number of hydrogen-bond donors (Lipinski definition) is 1. The van der Waals surface area contributed by atoms with Gasteiger partial charge < -0.3 is 10.1 Å². The van der Waals surface area contributed by atoms with E-state index in [1.807, 2.05) is 6.07 Å². The second-order valence-electron chi connectivity index (χ2n) is 13.0. The van der Waals surface area contributed by atoms with E-state index in [0.717, 1.165) is 17.0 Å². The Kier molecular flexibility index (Phi) is 12.8. The van der Waals surface area contributed by atoms with Crippen LogP contribution < -0.4 is 15.1 Å². The first-order valence-corrected chi connectivity index (χ1v) is 16.5. The van der Waals surface area contributed by atoms with Crippen molar-refractivity contribution >= 4 is 47.6 Å². The minimum absolute atomic E-state index is 0.0731. The molecule has 2 aliphatic rings. The van der Waals surface area contributed by atoms with Crippen LogP contribution in [0, 0.1) is 23.0 Å². The van der Waals surface area contributed by atoms with E-state index in [0.29, 0.717) is 12.6 Å². The molecule has 2 aromatic carbocycles. The third-order valence-electron chi connectivity index (χ3n) is 7.92. The fraction of sp³-hybridized carbons (Fsp3) is 0.400. The molecule has 0 bridgehead atoms. The number of ether oxygens (including phenoxy) is 1. The first-order chi connectivity index (χ1) is 24.5. The first-order valence-electron chi connectivity index (χ1n) is 16.1. The Morgan fingerprint density at radius 3 is 2.35 bits per heavy atom. The number of carbonyl (C=O) groups excluding carboxylic acids is 4. The fourth-order valence-electron chi connectivity index (χ4n) is 5.45. The van der Waals surface area contributed by atoms with E-state index >= 15 is 0 Å². The zero-order valence-corrected chi connectivity index (χ0v) is 29.2. The number of carbonyl (C=O) groups is 4. The minimum Gasteiger partial charge on any atom is -0.444 e. The lowest BCUT2D eigenvalue weighted by Crippen LogP contribution is -2.53. The SMILES string of the molecule is CC(C)(C)OC(=O)N1CCN(c2nccc(C#N)n2)C(=O)C1.O=CN(c1cc(F)cc(F)c1)C(C(=O)NC1CCC(F)(F)CC1)c1ccccc1Cl. The maximum atomic E-state index is 13.7. The number of aromatic nitrogens is 2. The summed E-state index contributed by atoms with van der Waals surface area (Å²) in [5, 5.41) is 11.7. The van der Waals surface area contributed by atoms with Crippen LogP contribution in [0.1, 0.15) is 63.8 Å². The number of amides is 4. The summed E-state index contributed by atoms with van der Waals surface area (Å²) >= 11 is 6.22.